The molecule has 0 unspecified atom stereocenters. The zero-order valence-corrected chi connectivity index (χ0v) is 21.3. The number of nitrogens with one attached hydrogen (secondary N) is 1. The molecule has 1 N–H and O–H groups in total. The molecule has 0 radical (unpaired) electrons. The lowest BCUT2D eigenvalue weighted by molar-refractivity contribution is 0.0613. The minimum Gasteiger partial charge on any atom is -0.454 e. The van der Waals surface area contributed by atoms with Crippen LogP contribution in [0.3, 0.4) is 0 Å². The fourth-order valence-electron chi connectivity index (χ4n) is 6.91. The molecule has 1 aromatic carbocycles. The highest BCUT2D eigenvalue weighted by molar-refractivity contribution is 5.83. The Kier molecular flexibility index (Phi) is 6.08. The van der Waals surface area contributed by atoms with Crippen molar-refractivity contribution in [3.05, 3.63) is 39.9 Å². The van der Waals surface area contributed by atoms with Crippen LogP contribution in [-0.2, 0) is 0 Å². The predicted octanol–water partition coefficient (Wildman–Crippen LogP) is 3.40. The van der Waals surface area contributed by atoms with Crippen molar-refractivity contribution in [2.75, 3.05) is 33.0 Å². The van der Waals surface area contributed by atoms with Gasteiger partial charge in [-0.1, -0.05) is 32.1 Å². The maximum atomic E-state index is 13.6. The van der Waals surface area contributed by atoms with Crippen LogP contribution in [0.1, 0.15) is 81.3 Å². The van der Waals surface area contributed by atoms with Crippen molar-refractivity contribution >= 4 is 10.9 Å². The Hall–Kier alpha value is -2.98. The van der Waals surface area contributed by atoms with Crippen molar-refractivity contribution in [1.82, 2.24) is 35.0 Å². The van der Waals surface area contributed by atoms with E-state index in [4.69, 9.17) is 9.47 Å². The molecule has 37 heavy (non-hydrogen) atoms. The Morgan fingerprint density at radius 3 is 2.35 bits per heavy atom. The monoisotopic (exact) mass is 505 g/mol. The standard InChI is InChI=1S/C27H35N7O3/c35-27-21(14-18-15-23-24(37-17-36-23)16-22(18)28-27)25(26-29-30-31-34(26)20-8-4-5-9-20)33-12-10-32(11-13-33)19-6-2-1-3-7-19/h14-16,19-20,25H,1-13,17H2,(H,28,35)/t25-/m1/s1. The van der Waals surface area contributed by atoms with E-state index in [2.05, 4.69) is 30.3 Å². The maximum absolute atomic E-state index is 13.6. The van der Waals surface area contributed by atoms with E-state index in [0.717, 1.165) is 55.7 Å². The van der Waals surface area contributed by atoms with Gasteiger partial charge in [-0.25, -0.2) is 4.68 Å². The number of piperazine rings is 1. The summed E-state index contributed by atoms with van der Waals surface area (Å²) in [4.78, 5) is 21.8. The van der Waals surface area contributed by atoms with Gasteiger partial charge in [0, 0.05) is 49.2 Å². The van der Waals surface area contributed by atoms with Gasteiger partial charge in [0.1, 0.15) is 6.04 Å². The number of ether oxygens (including phenoxy) is 2. The SMILES string of the molecule is O=c1[nH]c2cc3c(cc2cc1[C@H](c1nnnn1C1CCCC1)N1CCN(C2CCCCC2)CC1)OCO3. The van der Waals surface area contributed by atoms with E-state index in [9.17, 15) is 4.79 Å². The number of aromatic amines is 1. The second-order valence-corrected chi connectivity index (χ2v) is 11.0. The average molecular weight is 506 g/mol. The molecule has 1 atom stereocenters. The minimum atomic E-state index is -0.303. The second kappa shape index (κ2) is 9.72. The summed E-state index contributed by atoms with van der Waals surface area (Å²) in [6.07, 6.45) is 11.2. The van der Waals surface area contributed by atoms with Gasteiger partial charge in [0.15, 0.2) is 17.3 Å². The number of tetrazole rings is 1. The number of hydrogen-bond donors (Lipinski definition) is 1. The fourth-order valence-corrected chi connectivity index (χ4v) is 6.91. The zero-order valence-electron chi connectivity index (χ0n) is 21.3. The summed E-state index contributed by atoms with van der Waals surface area (Å²) in [6.45, 7) is 3.99. The van der Waals surface area contributed by atoms with Gasteiger partial charge in [-0.3, -0.25) is 14.6 Å². The van der Waals surface area contributed by atoms with Gasteiger partial charge in [0.2, 0.25) is 6.79 Å². The molecule has 0 spiro atoms. The van der Waals surface area contributed by atoms with E-state index in [1.807, 2.05) is 22.9 Å². The molecule has 4 heterocycles. The number of nitrogens with zero attached hydrogens (tertiary/aromatic N) is 6. The lowest BCUT2D eigenvalue weighted by Crippen LogP contribution is -2.52. The molecule has 4 aliphatic rings. The number of aromatic nitrogens is 5. The molecule has 1 saturated heterocycles. The van der Waals surface area contributed by atoms with Gasteiger partial charge >= 0.3 is 0 Å². The normalized spacial score (nSPS) is 22.7. The van der Waals surface area contributed by atoms with Crippen molar-refractivity contribution in [3.63, 3.8) is 0 Å². The molecule has 3 fully saturated rings. The van der Waals surface area contributed by atoms with Gasteiger partial charge in [-0.2, -0.15) is 0 Å². The Morgan fingerprint density at radius 2 is 1.57 bits per heavy atom. The van der Waals surface area contributed by atoms with Crippen molar-refractivity contribution in [1.29, 1.82) is 0 Å². The van der Waals surface area contributed by atoms with Crippen LogP contribution >= 0.6 is 0 Å². The molecule has 0 amide bonds. The van der Waals surface area contributed by atoms with Crippen molar-refractivity contribution in [2.45, 2.75) is 75.9 Å². The lowest BCUT2D eigenvalue weighted by Gasteiger charge is -2.43. The molecule has 196 valence electrons. The topological polar surface area (TPSA) is 101 Å². The van der Waals surface area contributed by atoms with E-state index in [-0.39, 0.29) is 18.4 Å². The quantitative estimate of drug-likeness (QED) is 0.563. The maximum Gasteiger partial charge on any atom is 0.253 e. The van der Waals surface area contributed by atoms with Crippen LogP contribution in [0.5, 0.6) is 11.5 Å². The second-order valence-electron chi connectivity index (χ2n) is 11.0. The Balaban J connectivity index is 1.26. The summed E-state index contributed by atoms with van der Waals surface area (Å²) in [7, 11) is 0. The van der Waals surface area contributed by atoms with E-state index in [0.29, 0.717) is 29.1 Å². The van der Waals surface area contributed by atoms with Crippen LogP contribution in [0, 0.1) is 0 Å². The molecular weight excluding hydrogens is 470 g/mol. The third-order valence-corrected chi connectivity index (χ3v) is 8.90. The highest BCUT2D eigenvalue weighted by Crippen LogP contribution is 2.38. The summed E-state index contributed by atoms with van der Waals surface area (Å²) in [5, 5.41) is 14.0. The number of benzene rings is 1. The van der Waals surface area contributed by atoms with Crippen molar-refractivity contribution in [3.8, 4) is 11.5 Å². The first-order chi connectivity index (χ1) is 18.2. The molecule has 2 aliphatic heterocycles. The van der Waals surface area contributed by atoms with Gasteiger partial charge in [0.05, 0.1) is 11.6 Å². The molecule has 2 saturated carbocycles. The van der Waals surface area contributed by atoms with Crippen LogP contribution in [-0.4, -0.2) is 74.0 Å². The first-order valence-corrected chi connectivity index (χ1v) is 14.0. The predicted molar refractivity (Wildman–Crippen MR) is 138 cm³/mol. The lowest BCUT2D eigenvalue weighted by atomic mass is 9.93. The molecule has 0 bridgehead atoms. The smallest absolute Gasteiger partial charge is 0.253 e. The average Bonchev–Trinajstić information content (AvgIpc) is 3.71. The van der Waals surface area contributed by atoms with E-state index >= 15 is 0 Å². The summed E-state index contributed by atoms with van der Waals surface area (Å²) in [5.74, 6) is 2.15. The van der Waals surface area contributed by atoms with Gasteiger partial charge < -0.3 is 14.5 Å². The fraction of sp³-hybridized carbons (Fsp3) is 0.630. The van der Waals surface area contributed by atoms with Gasteiger partial charge in [0.25, 0.3) is 5.56 Å². The largest absolute Gasteiger partial charge is 0.454 e. The van der Waals surface area contributed by atoms with Crippen LogP contribution in [0.25, 0.3) is 10.9 Å². The Morgan fingerprint density at radius 1 is 0.865 bits per heavy atom. The molecule has 3 aromatic rings. The molecule has 7 rings (SSSR count). The summed E-state index contributed by atoms with van der Waals surface area (Å²) >= 11 is 0. The molecule has 10 nitrogen and oxygen atoms in total. The molecule has 2 aliphatic carbocycles. The summed E-state index contributed by atoms with van der Waals surface area (Å²) < 4.78 is 13.1. The van der Waals surface area contributed by atoms with E-state index < -0.39 is 0 Å². The summed E-state index contributed by atoms with van der Waals surface area (Å²) in [5.41, 5.74) is 1.33. The molecule has 10 heteroatoms. The number of fused-ring (bicyclic) bond motifs is 2. The number of pyridine rings is 1. The first-order valence-electron chi connectivity index (χ1n) is 14.0. The van der Waals surface area contributed by atoms with E-state index in [1.54, 1.807) is 0 Å². The molecule has 2 aromatic heterocycles. The summed E-state index contributed by atoms with van der Waals surface area (Å²) in [6, 6.07) is 6.50. The third kappa shape index (κ3) is 4.29. The van der Waals surface area contributed by atoms with Crippen molar-refractivity contribution in [2.24, 2.45) is 0 Å². The Bertz CT molecular complexity index is 1320. The van der Waals surface area contributed by atoms with Crippen LogP contribution in [0.2, 0.25) is 0 Å². The van der Waals surface area contributed by atoms with Gasteiger partial charge in [-0.05, 0) is 48.2 Å². The van der Waals surface area contributed by atoms with Crippen LogP contribution < -0.4 is 15.0 Å². The number of hydrogen-bond acceptors (Lipinski definition) is 8. The highest BCUT2D eigenvalue weighted by Gasteiger charge is 2.36. The number of H-pyrrole nitrogens is 1. The van der Waals surface area contributed by atoms with Crippen molar-refractivity contribution < 1.29 is 9.47 Å². The molecular formula is C27H35N7O3. The third-order valence-electron chi connectivity index (χ3n) is 8.90. The zero-order chi connectivity index (χ0) is 24.8. The highest BCUT2D eigenvalue weighted by atomic mass is 16.7. The van der Waals surface area contributed by atoms with Crippen LogP contribution in [0.15, 0.2) is 23.0 Å². The first kappa shape index (κ1) is 23.2. The van der Waals surface area contributed by atoms with E-state index in [1.165, 1.54) is 44.9 Å². The Labute approximate surface area is 215 Å². The number of rotatable bonds is 5. The van der Waals surface area contributed by atoms with Gasteiger partial charge in [-0.15, -0.1) is 5.10 Å². The minimum absolute atomic E-state index is 0.105. The van der Waals surface area contributed by atoms with Crippen LogP contribution in [0.4, 0.5) is 0 Å².